The van der Waals surface area contributed by atoms with Crippen molar-refractivity contribution in [1.29, 1.82) is 0 Å². The highest BCUT2D eigenvalue weighted by atomic mass is 15.4. The predicted octanol–water partition coefficient (Wildman–Crippen LogP) is 0.753. The van der Waals surface area contributed by atoms with Crippen molar-refractivity contribution in [3.8, 4) is 0 Å². The first kappa shape index (κ1) is 14.6. The van der Waals surface area contributed by atoms with Gasteiger partial charge >= 0.3 is 0 Å². The maximum Gasteiger partial charge on any atom is 0.135 e. The number of rotatable bonds is 4. The second kappa shape index (κ2) is 5.88. The van der Waals surface area contributed by atoms with Gasteiger partial charge in [0.1, 0.15) is 12.1 Å². The van der Waals surface area contributed by atoms with Gasteiger partial charge in [-0.1, -0.05) is 5.21 Å². The van der Waals surface area contributed by atoms with Crippen LogP contribution in [0.4, 0.5) is 5.82 Å². The van der Waals surface area contributed by atoms with Gasteiger partial charge in [0, 0.05) is 50.2 Å². The molecule has 7 nitrogen and oxygen atoms in total. The molecule has 0 radical (unpaired) electrons. The molecule has 0 saturated carbocycles. The van der Waals surface area contributed by atoms with Gasteiger partial charge in [-0.2, -0.15) is 0 Å². The molecule has 2 aliphatic heterocycles. The van der Waals surface area contributed by atoms with Gasteiger partial charge in [0.05, 0.1) is 12.7 Å². The van der Waals surface area contributed by atoms with Gasteiger partial charge in [-0.05, 0) is 25.7 Å². The van der Waals surface area contributed by atoms with Gasteiger partial charge in [0.2, 0.25) is 0 Å². The van der Waals surface area contributed by atoms with E-state index in [1.165, 1.54) is 18.7 Å². The maximum atomic E-state index is 4.52. The van der Waals surface area contributed by atoms with E-state index in [-0.39, 0.29) is 0 Å². The number of aromatic nitrogens is 5. The van der Waals surface area contributed by atoms with E-state index in [0.29, 0.717) is 0 Å². The fourth-order valence-electron chi connectivity index (χ4n) is 3.89. The molecule has 2 aliphatic rings. The Hall–Kier alpha value is -2.02. The highest BCUT2D eigenvalue weighted by Crippen LogP contribution is 2.34. The van der Waals surface area contributed by atoms with E-state index in [9.17, 15) is 0 Å². The number of fused-ring (bicyclic) bond motifs is 1. The SMILES string of the molecule is Cc1ncnc(N2CC3CN(CCn4ccnn4)CC3C2)c1C. The Balaban J connectivity index is 1.35. The zero-order valence-electron chi connectivity index (χ0n) is 13.8. The van der Waals surface area contributed by atoms with Crippen molar-refractivity contribution in [3.05, 3.63) is 30.0 Å². The second-order valence-corrected chi connectivity index (χ2v) is 6.76. The third-order valence-electron chi connectivity index (χ3n) is 5.29. The number of nitrogens with zero attached hydrogens (tertiary/aromatic N) is 7. The maximum absolute atomic E-state index is 4.52. The molecule has 122 valence electrons. The highest BCUT2D eigenvalue weighted by molar-refractivity contribution is 5.48. The van der Waals surface area contributed by atoms with Crippen molar-refractivity contribution in [2.45, 2.75) is 20.4 Å². The summed E-state index contributed by atoms with van der Waals surface area (Å²) in [4.78, 5) is 13.8. The summed E-state index contributed by atoms with van der Waals surface area (Å²) in [6.45, 7) is 10.8. The first-order valence-electron chi connectivity index (χ1n) is 8.30. The minimum Gasteiger partial charge on any atom is -0.356 e. The first-order chi connectivity index (χ1) is 11.2. The Morgan fingerprint density at radius 2 is 1.83 bits per heavy atom. The molecule has 0 N–H and O–H groups in total. The Bertz CT molecular complexity index is 655. The number of anilines is 1. The molecule has 2 aromatic heterocycles. The van der Waals surface area contributed by atoms with E-state index in [4.69, 9.17) is 0 Å². The molecule has 2 saturated heterocycles. The van der Waals surface area contributed by atoms with Crippen LogP contribution in [-0.2, 0) is 6.54 Å². The zero-order chi connectivity index (χ0) is 15.8. The van der Waals surface area contributed by atoms with Crippen LogP contribution in [0.2, 0.25) is 0 Å². The van der Waals surface area contributed by atoms with Crippen molar-refractivity contribution < 1.29 is 0 Å². The molecular weight excluding hydrogens is 290 g/mol. The molecular formula is C16H23N7. The van der Waals surface area contributed by atoms with E-state index in [2.05, 4.69) is 43.9 Å². The summed E-state index contributed by atoms with van der Waals surface area (Å²) in [6, 6.07) is 0. The van der Waals surface area contributed by atoms with E-state index < -0.39 is 0 Å². The van der Waals surface area contributed by atoms with Gasteiger partial charge < -0.3 is 9.80 Å². The fraction of sp³-hybridized carbons (Fsp3) is 0.625. The smallest absolute Gasteiger partial charge is 0.135 e. The van der Waals surface area contributed by atoms with Gasteiger partial charge in [0.25, 0.3) is 0 Å². The number of aryl methyl sites for hydroxylation is 1. The summed E-state index contributed by atoms with van der Waals surface area (Å²) in [5.41, 5.74) is 2.30. The van der Waals surface area contributed by atoms with Crippen LogP contribution in [-0.4, -0.2) is 62.6 Å². The van der Waals surface area contributed by atoms with Crippen molar-refractivity contribution in [2.24, 2.45) is 11.8 Å². The van der Waals surface area contributed by atoms with Crippen molar-refractivity contribution >= 4 is 5.82 Å². The molecule has 4 heterocycles. The van der Waals surface area contributed by atoms with Crippen LogP contribution in [0.1, 0.15) is 11.3 Å². The largest absolute Gasteiger partial charge is 0.356 e. The minimum absolute atomic E-state index is 0.750. The lowest BCUT2D eigenvalue weighted by Crippen LogP contribution is -2.31. The van der Waals surface area contributed by atoms with Gasteiger partial charge in [0.15, 0.2) is 0 Å². The molecule has 0 bridgehead atoms. The molecule has 2 aromatic rings. The Morgan fingerprint density at radius 1 is 1.04 bits per heavy atom. The van der Waals surface area contributed by atoms with Crippen LogP contribution in [0.25, 0.3) is 0 Å². The predicted molar refractivity (Wildman–Crippen MR) is 87.2 cm³/mol. The molecule has 0 aromatic carbocycles. The average Bonchev–Trinajstić information content (AvgIpc) is 3.23. The third kappa shape index (κ3) is 2.81. The summed E-state index contributed by atoms with van der Waals surface area (Å²) in [6.07, 6.45) is 5.36. The summed E-state index contributed by atoms with van der Waals surface area (Å²) in [5, 5.41) is 7.90. The minimum atomic E-state index is 0.750. The van der Waals surface area contributed by atoms with Gasteiger partial charge in [-0.3, -0.25) is 4.68 Å². The van der Waals surface area contributed by atoms with E-state index in [1.54, 1.807) is 12.5 Å². The highest BCUT2D eigenvalue weighted by Gasteiger charge is 2.40. The topological polar surface area (TPSA) is 63.0 Å². The normalized spacial score (nSPS) is 24.3. The number of hydrogen-bond acceptors (Lipinski definition) is 6. The lowest BCUT2D eigenvalue weighted by atomic mass is 10.0. The summed E-state index contributed by atoms with van der Waals surface area (Å²) < 4.78 is 1.91. The van der Waals surface area contributed by atoms with Crippen molar-refractivity contribution in [3.63, 3.8) is 0 Å². The molecule has 2 unspecified atom stereocenters. The fourth-order valence-corrected chi connectivity index (χ4v) is 3.89. The van der Waals surface area contributed by atoms with Gasteiger partial charge in [-0.15, -0.1) is 5.10 Å². The van der Waals surface area contributed by atoms with Gasteiger partial charge in [-0.25, -0.2) is 9.97 Å². The molecule has 0 aliphatic carbocycles. The molecule has 7 heteroatoms. The summed E-state index contributed by atoms with van der Waals surface area (Å²) >= 11 is 0. The van der Waals surface area contributed by atoms with Crippen molar-refractivity contribution in [1.82, 2.24) is 29.9 Å². The Morgan fingerprint density at radius 3 is 2.52 bits per heavy atom. The van der Waals surface area contributed by atoms with Crippen LogP contribution in [0.15, 0.2) is 18.7 Å². The quantitative estimate of drug-likeness (QED) is 0.830. The number of hydrogen-bond donors (Lipinski definition) is 0. The standard InChI is InChI=1S/C16H23N7/c1-12-13(2)17-11-18-16(12)22-9-14-7-21(8-15(14)10-22)5-6-23-4-3-19-20-23/h3-4,11,14-15H,5-10H2,1-2H3. The van der Waals surface area contributed by atoms with E-state index in [1.807, 2.05) is 10.9 Å². The van der Waals surface area contributed by atoms with Crippen molar-refractivity contribution in [2.75, 3.05) is 37.6 Å². The molecule has 23 heavy (non-hydrogen) atoms. The van der Waals surface area contributed by atoms with E-state index >= 15 is 0 Å². The average molecular weight is 313 g/mol. The summed E-state index contributed by atoms with van der Waals surface area (Å²) in [7, 11) is 0. The van der Waals surface area contributed by atoms with Crippen LogP contribution in [0.5, 0.6) is 0 Å². The lowest BCUT2D eigenvalue weighted by Gasteiger charge is -2.23. The molecule has 2 fully saturated rings. The molecule has 0 spiro atoms. The molecule has 0 amide bonds. The Labute approximate surface area is 136 Å². The summed E-state index contributed by atoms with van der Waals surface area (Å²) in [5.74, 6) is 2.63. The lowest BCUT2D eigenvalue weighted by molar-refractivity contribution is 0.295. The van der Waals surface area contributed by atoms with Crippen LogP contribution >= 0.6 is 0 Å². The molecule has 2 atom stereocenters. The van der Waals surface area contributed by atoms with Crippen LogP contribution < -0.4 is 4.90 Å². The van der Waals surface area contributed by atoms with Crippen LogP contribution in [0, 0.1) is 25.7 Å². The number of likely N-dealkylation sites (tertiary alicyclic amines) is 1. The third-order valence-corrected chi connectivity index (χ3v) is 5.29. The first-order valence-corrected chi connectivity index (χ1v) is 8.30. The van der Waals surface area contributed by atoms with E-state index in [0.717, 1.165) is 49.5 Å². The second-order valence-electron chi connectivity index (χ2n) is 6.76. The Kier molecular flexibility index (Phi) is 3.72. The zero-order valence-corrected chi connectivity index (χ0v) is 13.8. The van der Waals surface area contributed by atoms with Crippen LogP contribution in [0.3, 0.4) is 0 Å². The molecule has 4 rings (SSSR count). The monoisotopic (exact) mass is 313 g/mol.